The number of rotatable bonds is 6. The lowest BCUT2D eigenvalue weighted by atomic mass is 9.59. The van der Waals surface area contributed by atoms with Gasteiger partial charge in [-0.25, -0.2) is 9.69 Å². The molecular weight excluding hydrogens is 645 g/mol. The number of amides is 2. The third kappa shape index (κ3) is 3.87. The van der Waals surface area contributed by atoms with Crippen molar-refractivity contribution in [1.82, 2.24) is 0 Å². The Bertz CT molecular complexity index is 2050. The molecule has 0 radical (unpaired) electrons. The number of benzene rings is 5. The fourth-order valence-electron chi connectivity index (χ4n) is 8.36. The van der Waals surface area contributed by atoms with E-state index < -0.39 is 40.4 Å². The van der Waals surface area contributed by atoms with Crippen molar-refractivity contribution in [3.63, 3.8) is 0 Å². The summed E-state index contributed by atoms with van der Waals surface area (Å²) in [6.45, 7) is 0. The van der Waals surface area contributed by atoms with Crippen LogP contribution in [-0.2, 0) is 25.2 Å². The molecule has 1 aliphatic heterocycles. The highest BCUT2D eigenvalue weighted by Crippen LogP contribution is 2.74. The predicted octanol–water partition coefficient (Wildman–Crippen LogP) is 7.88. The van der Waals surface area contributed by atoms with Crippen molar-refractivity contribution in [3.8, 4) is 0 Å². The maximum absolute atomic E-state index is 15.9. The van der Waals surface area contributed by atoms with Crippen molar-refractivity contribution in [1.29, 1.82) is 0 Å². The second kappa shape index (κ2) is 10.9. The Kier molecular flexibility index (Phi) is 6.81. The first-order chi connectivity index (χ1) is 23.2. The number of anilines is 1. The van der Waals surface area contributed by atoms with E-state index in [1.807, 2.05) is 60.7 Å². The summed E-state index contributed by atoms with van der Waals surface area (Å²) in [5.41, 5.74) is 0.974. The molecule has 0 aromatic heterocycles. The molecule has 234 valence electrons. The zero-order chi connectivity index (χ0) is 33.4. The van der Waals surface area contributed by atoms with E-state index in [1.54, 1.807) is 48.5 Å². The van der Waals surface area contributed by atoms with Gasteiger partial charge in [-0.3, -0.25) is 14.4 Å². The first-order valence-electron chi connectivity index (χ1n) is 15.4. The lowest BCUT2D eigenvalue weighted by Crippen LogP contribution is -2.45. The molecule has 2 fully saturated rings. The number of Topliss-reactive ketones (excluding diaryl/α,β-unsaturated/α-hetero) is 1. The standard InChI is InChI=1S/C40H25Cl2NO5/c41-28-17-13-26(14-18-28)39-31(23-7-3-1-4-8-23)32(24-9-5-2-6-10-24)40(38(39)48,27-15-19-29(42)20-16-27)34-33(39)35(44)43(36(34)45)30-21-11-25(12-22-30)37(46)47/h1-22,33-34H,(H,46,47)/t33-,34-,39+,40+/m1/s1. The van der Waals surface area contributed by atoms with Gasteiger partial charge in [0.05, 0.1) is 33.9 Å². The molecule has 5 aromatic carbocycles. The van der Waals surface area contributed by atoms with Gasteiger partial charge in [0.2, 0.25) is 11.8 Å². The van der Waals surface area contributed by atoms with Gasteiger partial charge in [-0.15, -0.1) is 0 Å². The SMILES string of the molecule is O=C(O)c1ccc(N2C(=O)[C@H]3[C@H](C2=O)[C@@]2(c4ccc(Cl)cc4)C(=O)[C@@]3(c3ccc(Cl)cc3)C(c3ccccc3)=C2c2ccccc2)cc1. The number of carbonyl (C=O) groups is 4. The Morgan fingerprint density at radius 2 is 0.958 bits per heavy atom. The maximum Gasteiger partial charge on any atom is 0.335 e. The van der Waals surface area contributed by atoms with E-state index in [0.717, 1.165) is 16.0 Å². The minimum atomic E-state index is -1.59. The fourth-order valence-corrected chi connectivity index (χ4v) is 8.62. The van der Waals surface area contributed by atoms with Crippen molar-refractivity contribution in [3.05, 3.63) is 171 Å². The Hall–Kier alpha value is -5.30. The minimum Gasteiger partial charge on any atom is -0.478 e. The number of hydrogen-bond donors (Lipinski definition) is 1. The minimum absolute atomic E-state index is 0.0166. The van der Waals surface area contributed by atoms with Gasteiger partial charge in [-0.2, -0.15) is 0 Å². The normalized spacial score (nSPS) is 24.4. The lowest BCUT2D eigenvalue weighted by molar-refractivity contribution is -0.130. The summed E-state index contributed by atoms with van der Waals surface area (Å²) in [6, 6.07) is 38.6. The average Bonchev–Trinajstić information content (AvgIpc) is 3.61. The lowest BCUT2D eigenvalue weighted by Gasteiger charge is -2.39. The van der Waals surface area contributed by atoms with E-state index in [0.29, 0.717) is 32.3 Å². The maximum atomic E-state index is 15.9. The van der Waals surface area contributed by atoms with E-state index in [2.05, 4.69) is 0 Å². The molecule has 0 spiro atoms. The smallest absolute Gasteiger partial charge is 0.335 e. The summed E-state index contributed by atoms with van der Waals surface area (Å²) in [4.78, 5) is 58.7. The molecule has 1 saturated carbocycles. The highest BCUT2D eigenvalue weighted by Gasteiger charge is 2.82. The van der Waals surface area contributed by atoms with Crippen molar-refractivity contribution in [2.45, 2.75) is 10.8 Å². The zero-order valence-electron chi connectivity index (χ0n) is 25.1. The number of hydrogen-bond acceptors (Lipinski definition) is 4. The summed E-state index contributed by atoms with van der Waals surface area (Å²) in [7, 11) is 0. The molecule has 1 heterocycles. The van der Waals surface area contributed by atoms with Gasteiger partial charge >= 0.3 is 5.97 Å². The molecule has 1 N–H and O–H groups in total. The van der Waals surface area contributed by atoms with Crippen LogP contribution in [0.1, 0.15) is 32.6 Å². The largest absolute Gasteiger partial charge is 0.478 e. The molecular formula is C40H25Cl2NO5. The van der Waals surface area contributed by atoms with Crippen LogP contribution in [0.5, 0.6) is 0 Å². The number of carbonyl (C=O) groups excluding carboxylic acids is 3. The molecule has 2 bridgehead atoms. The molecule has 6 nitrogen and oxygen atoms in total. The van der Waals surface area contributed by atoms with Crippen LogP contribution in [0.3, 0.4) is 0 Å². The molecule has 2 amide bonds. The summed E-state index contributed by atoms with van der Waals surface area (Å²) in [6.07, 6.45) is 0. The van der Waals surface area contributed by atoms with Crippen LogP contribution in [0.15, 0.2) is 133 Å². The van der Waals surface area contributed by atoms with Crippen molar-refractivity contribution in [2.75, 3.05) is 4.90 Å². The van der Waals surface area contributed by atoms with E-state index in [9.17, 15) is 9.90 Å². The van der Waals surface area contributed by atoms with Gasteiger partial charge < -0.3 is 5.11 Å². The summed E-state index contributed by atoms with van der Waals surface area (Å²) >= 11 is 12.8. The topological polar surface area (TPSA) is 91.8 Å². The Labute approximate surface area is 285 Å². The number of nitrogens with zero attached hydrogens (tertiary/aromatic N) is 1. The van der Waals surface area contributed by atoms with Crippen LogP contribution in [0, 0.1) is 11.8 Å². The number of imide groups is 1. The molecule has 1 saturated heterocycles. The molecule has 3 aliphatic rings. The van der Waals surface area contributed by atoms with Gasteiger partial charge in [-0.1, -0.05) is 108 Å². The van der Waals surface area contributed by atoms with Crippen LogP contribution < -0.4 is 4.90 Å². The number of aromatic carboxylic acids is 1. The Morgan fingerprint density at radius 1 is 0.562 bits per heavy atom. The van der Waals surface area contributed by atoms with Crippen molar-refractivity contribution >= 4 is 63.6 Å². The number of allylic oxidation sites excluding steroid dienone is 2. The molecule has 2 aliphatic carbocycles. The van der Waals surface area contributed by atoms with Crippen LogP contribution in [-0.4, -0.2) is 28.7 Å². The third-order valence-corrected chi connectivity index (χ3v) is 10.6. The molecule has 8 heteroatoms. The zero-order valence-corrected chi connectivity index (χ0v) is 26.7. The van der Waals surface area contributed by atoms with E-state index in [4.69, 9.17) is 23.2 Å². The van der Waals surface area contributed by atoms with Gasteiger partial charge in [0.25, 0.3) is 0 Å². The monoisotopic (exact) mass is 669 g/mol. The van der Waals surface area contributed by atoms with Gasteiger partial charge in [0.15, 0.2) is 5.78 Å². The van der Waals surface area contributed by atoms with Crippen LogP contribution in [0.4, 0.5) is 5.69 Å². The third-order valence-electron chi connectivity index (χ3n) is 10.1. The molecule has 4 atom stereocenters. The molecule has 5 aromatic rings. The first kappa shape index (κ1) is 30.1. The highest BCUT2D eigenvalue weighted by atomic mass is 35.5. The van der Waals surface area contributed by atoms with Gasteiger partial charge in [0, 0.05) is 10.0 Å². The van der Waals surface area contributed by atoms with Crippen molar-refractivity contribution < 1.29 is 24.3 Å². The quantitative estimate of drug-likeness (QED) is 0.186. The molecule has 0 unspecified atom stereocenters. The number of ketones is 1. The summed E-state index contributed by atoms with van der Waals surface area (Å²) in [5.74, 6) is -4.73. The Balaban J connectivity index is 1.52. The number of carboxylic acids is 1. The van der Waals surface area contributed by atoms with Gasteiger partial charge in [0.1, 0.15) is 0 Å². The predicted molar refractivity (Wildman–Crippen MR) is 184 cm³/mol. The first-order valence-corrected chi connectivity index (χ1v) is 16.1. The second-order valence-electron chi connectivity index (χ2n) is 12.3. The number of halogens is 2. The fraction of sp³-hybridized carbons (Fsp3) is 0.100. The Morgan fingerprint density at radius 3 is 1.33 bits per heavy atom. The van der Waals surface area contributed by atoms with Crippen molar-refractivity contribution in [2.24, 2.45) is 11.8 Å². The van der Waals surface area contributed by atoms with Crippen LogP contribution in [0.2, 0.25) is 10.0 Å². The van der Waals surface area contributed by atoms with E-state index in [1.165, 1.54) is 24.3 Å². The number of carboxylic acid groups (broad SMARTS) is 1. The molecule has 48 heavy (non-hydrogen) atoms. The summed E-state index contributed by atoms with van der Waals surface area (Å²) in [5, 5.41) is 10.4. The van der Waals surface area contributed by atoms with Crippen LogP contribution >= 0.6 is 23.2 Å². The second-order valence-corrected chi connectivity index (χ2v) is 13.1. The average molecular weight is 671 g/mol. The highest BCUT2D eigenvalue weighted by molar-refractivity contribution is 6.39. The number of fused-ring (bicyclic) bond motifs is 5. The van der Waals surface area contributed by atoms with E-state index in [-0.39, 0.29) is 17.0 Å². The van der Waals surface area contributed by atoms with Crippen LogP contribution in [0.25, 0.3) is 11.1 Å². The molecule has 8 rings (SSSR count). The van der Waals surface area contributed by atoms with Gasteiger partial charge in [-0.05, 0) is 81.9 Å². The van der Waals surface area contributed by atoms with E-state index >= 15 is 14.4 Å². The summed E-state index contributed by atoms with van der Waals surface area (Å²) < 4.78 is 0.